The maximum Gasteiger partial charge on any atom is 0.264 e. The van der Waals surface area contributed by atoms with E-state index >= 15 is 0 Å². The molecule has 4 heteroatoms. The van der Waals surface area contributed by atoms with Crippen LogP contribution in [-0.4, -0.2) is 10.8 Å². The fourth-order valence-electron chi connectivity index (χ4n) is 1.79. The van der Waals surface area contributed by atoms with Gasteiger partial charge in [0.15, 0.2) is 5.78 Å². The molecule has 2 rings (SSSR count). The summed E-state index contributed by atoms with van der Waals surface area (Å²) in [5.74, 6) is -0.289. The Morgan fingerprint density at radius 1 is 1.22 bits per heavy atom. The van der Waals surface area contributed by atoms with Gasteiger partial charge in [0.2, 0.25) is 0 Å². The van der Waals surface area contributed by atoms with Gasteiger partial charge in [-0.05, 0) is 24.6 Å². The molecule has 92 valence electrons. The molecule has 2 aromatic rings. The van der Waals surface area contributed by atoms with Crippen molar-refractivity contribution in [2.75, 3.05) is 0 Å². The topological polar surface area (TPSA) is 30.0 Å². The summed E-state index contributed by atoms with van der Waals surface area (Å²) < 4.78 is 25.5. The van der Waals surface area contributed by atoms with Crippen molar-refractivity contribution < 1.29 is 13.6 Å². The number of hydrogen-bond acceptors (Lipinski definition) is 2. The number of halogens is 2. The van der Waals surface area contributed by atoms with Crippen molar-refractivity contribution in [3.05, 3.63) is 65.0 Å². The van der Waals surface area contributed by atoms with E-state index in [0.717, 1.165) is 0 Å². The largest absolute Gasteiger partial charge is 0.289 e. The number of ketones is 1. The number of pyridine rings is 1. The quantitative estimate of drug-likeness (QED) is 0.776. The highest BCUT2D eigenvalue weighted by Crippen LogP contribution is 2.25. The van der Waals surface area contributed by atoms with Crippen LogP contribution < -0.4 is 0 Å². The standard InChI is InChI=1S/C14H11F2NO/c1-9-11(5-2-6-12(9)14(15)16)13(18)10-4-3-7-17-8-10/h2-8,14H,1H3. The number of nitrogens with zero attached hydrogens (tertiary/aromatic N) is 1. The summed E-state index contributed by atoms with van der Waals surface area (Å²) in [6, 6.07) is 7.61. The Bertz CT molecular complexity index is 567. The highest BCUT2D eigenvalue weighted by Gasteiger charge is 2.17. The molecule has 1 aromatic carbocycles. The molecule has 0 amide bonds. The number of hydrogen-bond donors (Lipinski definition) is 0. The lowest BCUT2D eigenvalue weighted by molar-refractivity contribution is 0.103. The smallest absolute Gasteiger partial charge is 0.264 e. The average molecular weight is 247 g/mol. The van der Waals surface area contributed by atoms with Gasteiger partial charge in [0, 0.05) is 29.1 Å². The first-order chi connectivity index (χ1) is 8.61. The Hall–Kier alpha value is -2.10. The molecule has 1 heterocycles. The number of aromatic nitrogens is 1. The molecule has 2 nitrogen and oxygen atoms in total. The second-order valence-electron chi connectivity index (χ2n) is 3.89. The van der Waals surface area contributed by atoms with Crippen LogP contribution in [0.5, 0.6) is 0 Å². The van der Waals surface area contributed by atoms with Gasteiger partial charge in [-0.15, -0.1) is 0 Å². The molecule has 0 aliphatic carbocycles. The lowest BCUT2D eigenvalue weighted by Crippen LogP contribution is -2.06. The molecule has 18 heavy (non-hydrogen) atoms. The van der Waals surface area contributed by atoms with E-state index in [0.29, 0.717) is 16.7 Å². The minimum atomic E-state index is -2.58. The summed E-state index contributed by atoms with van der Waals surface area (Å²) >= 11 is 0. The molecule has 0 atom stereocenters. The fourth-order valence-corrected chi connectivity index (χ4v) is 1.79. The minimum Gasteiger partial charge on any atom is -0.289 e. The van der Waals surface area contributed by atoms with Crippen LogP contribution in [0.25, 0.3) is 0 Å². The van der Waals surface area contributed by atoms with Gasteiger partial charge >= 0.3 is 0 Å². The normalized spacial score (nSPS) is 10.7. The van der Waals surface area contributed by atoms with Gasteiger partial charge in [-0.25, -0.2) is 8.78 Å². The first-order valence-corrected chi connectivity index (χ1v) is 5.43. The third-order valence-corrected chi connectivity index (χ3v) is 2.78. The van der Waals surface area contributed by atoms with Crippen molar-refractivity contribution in [3.63, 3.8) is 0 Å². The summed E-state index contributed by atoms with van der Waals surface area (Å²) in [6.07, 6.45) is 0.405. The van der Waals surface area contributed by atoms with E-state index in [1.54, 1.807) is 24.4 Å². The molecule has 0 unspecified atom stereocenters. The number of benzene rings is 1. The van der Waals surface area contributed by atoms with E-state index in [2.05, 4.69) is 4.98 Å². The van der Waals surface area contributed by atoms with Crippen molar-refractivity contribution in [2.45, 2.75) is 13.3 Å². The third-order valence-electron chi connectivity index (χ3n) is 2.78. The lowest BCUT2D eigenvalue weighted by Gasteiger charge is -2.09. The van der Waals surface area contributed by atoms with Crippen LogP contribution >= 0.6 is 0 Å². The molecule has 0 fully saturated rings. The Morgan fingerprint density at radius 2 is 2.00 bits per heavy atom. The van der Waals surface area contributed by atoms with E-state index in [-0.39, 0.29) is 11.3 Å². The third kappa shape index (κ3) is 2.27. The molecule has 1 aromatic heterocycles. The Kier molecular flexibility index (Phi) is 3.46. The van der Waals surface area contributed by atoms with Gasteiger partial charge < -0.3 is 0 Å². The predicted molar refractivity (Wildman–Crippen MR) is 63.8 cm³/mol. The molecular formula is C14H11F2NO. The van der Waals surface area contributed by atoms with Gasteiger partial charge in [-0.2, -0.15) is 0 Å². The predicted octanol–water partition coefficient (Wildman–Crippen LogP) is 3.56. The average Bonchev–Trinajstić information content (AvgIpc) is 2.39. The van der Waals surface area contributed by atoms with Crippen LogP contribution in [-0.2, 0) is 0 Å². The van der Waals surface area contributed by atoms with Crippen LogP contribution in [0.1, 0.15) is 33.5 Å². The van der Waals surface area contributed by atoms with Crippen LogP contribution in [0.15, 0.2) is 42.7 Å². The summed E-state index contributed by atoms with van der Waals surface area (Å²) in [5, 5.41) is 0. The second kappa shape index (κ2) is 5.04. The van der Waals surface area contributed by atoms with Gasteiger partial charge in [0.05, 0.1) is 0 Å². The molecule has 0 N–H and O–H groups in total. The molecule has 0 saturated carbocycles. The SMILES string of the molecule is Cc1c(C(=O)c2cccnc2)cccc1C(F)F. The van der Waals surface area contributed by atoms with Gasteiger partial charge in [-0.1, -0.05) is 18.2 Å². The van der Waals surface area contributed by atoms with E-state index in [1.807, 2.05) is 0 Å². The van der Waals surface area contributed by atoms with E-state index in [4.69, 9.17) is 0 Å². The maximum absolute atomic E-state index is 12.8. The van der Waals surface area contributed by atoms with Crippen LogP contribution in [0.3, 0.4) is 0 Å². The van der Waals surface area contributed by atoms with Gasteiger partial charge in [0.25, 0.3) is 6.43 Å². The number of rotatable bonds is 3. The Balaban J connectivity index is 2.47. The highest BCUT2D eigenvalue weighted by atomic mass is 19.3. The molecule has 0 radical (unpaired) electrons. The van der Waals surface area contributed by atoms with Gasteiger partial charge in [0.1, 0.15) is 0 Å². The second-order valence-corrected chi connectivity index (χ2v) is 3.89. The Labute approximate surface area is 103 Å². The van der Waals surface area contributed by atoms with Crippen molar-refractivity contribution >= 4 is 5.78 Å². The zero-order valence-electron chi connectivity index (χ0n) is 9.73. The number of alkyl halides is 2. The summed E-state index contributed by atoms with van der Waals surface area (Å²) in [5.41, 5.74) is 0.902. The highest BCUT2D eigenvalue weighted by molar-refractivity contribution is 6.09. The zero-order chi connectivity index (χ0) is 13.1. The lowest BCUT2D eigenvalue weighted by atomic mass is 9.96. The minimum absolute atomic E-state index is 0.107. The van der Waals surface area contributed by atoms with Crippen molar-refractivity contribution in [3.8, 4) is 0 Å². The summed E-state index contributed by atoms with van der Waals surface area (Å²) in [4.78, 5) is 16.0. The molecule has 0 bridgehead atoms. The summed E-state index contributed by atoms with van der Waals surface area (Å²) in [6.45, 7) is 1.53. The summed E-state index contributed by atoms with van der Waals surface area (Å²) in [7, 11) is 0. The number of carbonyl (C=O) groups is 1. The van der Waals surface area contributed by atoms with Gasteiger partial charge in [-0.3, -0.25) is 9.78 Å². The molecule has 0 aliphatic rings. The number of carbonyl (C=O) groups excluding carboxylic acids is 1. The molecular weight excluding hydrogens is 236 g/mol. The van der Waals surface area contributed by atoms with E-state index in [9.17, 15) is 13.6 Å². The van der Waals surface area contributed by atoms with Crippen LogP contribution in [0.2, 0.25) is 0 Å². The van der Waals surface area contributed by atoms with E-state index < -0.39 is 6.43 Å². The molecule has 0 spiro atoms. The van der Waals surface area contributed by atoms with Crippen molar-refractivity contribution in [2.24, 2.45) is 0 Å². The van der Waals surface area contributed by atoms with Crippen LogP contribution in [0.4, 0.5) is 8.78 Å². The maximum atomic E-state index is 12.8. The van der Waals surface area contributed by atoms with Crippen LogP contribution in [0, 0.1) is 6.92 Å². The first kappa shape index (κ1) is 12.4. The zero-order valence-corrected chi connectivity index (χ0v) is 9.73. The molecule has 0 aliphatic heterocycles. The monoisotopic (exact) mass is 247 g/mol. The fraction of sp³-hybridized carbons (Fsp3) is 0.143. The van der Waals surface area contributed by atoms with Crippen molar-refractivity contribution in [1.82, 2.24) is 4.98 Å². The van der Waals surface area contributed by atoms with Crippen molar-refractivity contribution in [1.29, 1.82) is 0 Å². The Morgan fingerprint density at radius 3 is 2.61 bits per heavy atom. The first-order valence-electron chi connectivity index (χ1n) is 5.43. The molecule has 0 saturated heterocycles. The van der Waals surface area contributed by atoms with E-state index in [1.165, 1.54) is 25.3 Å².